The summed E-state index contributed by atoms with van der Waals surface area (Å²) < 4.78 is 7.09. The SMILES string of the molecule is CC(C)(C)c1cc(N(c2ccc3c(c2)C2(c4ccccc4-3)c3cc(C(C)(C)C)ccc3-c3ccc(C(C)(C)C)cc32)c2cccc3c2oc2ccc4ccccc4c23)cc(C(C)(C)C)c1. The lowest BCUT2D eigenvalue weighted by atomic mass is 9.68. The second-order valence-electron chi connectivity index (χ2n) is 23.1. The topological polar surface area (TPSA) is 16.4 Å². The second kappa shape index (κ2) is 13.8. The standard InChI is InChI=1S/C63H61NO/c1-59(2,3)39-25-28-47-48-29-26-40(60(4,5)6)36-53(48)63(52(47)35-39)51-22-16-15-20-46(51)49-30-27-43(37-54(49)63)64(44-33-41(61(7,8)9)32-42(34-44)62(10,11)12)55-23-17-21-50-57-45-19-14-13-18-38(45)24-31-56(57)65-58(50)55/h13-37H,1-12H3. The Balaban J connectivity index is 1.26. The lowest BCUT2D eigenvalue weighted by molar-refractivity contribution is 0.568. The van der Waals surface area contributed by atoms with Crippen molar-refractivity contribution in [2.75, 3.05) is 4.90 Å². The van der Waals surface area contributed by atoms with Crippen LogP contribution >= 0.6 is 0 Å². The molecule has 0 saturated heterocycles. The van der Waals surface area contributed by atoms with Crippen LogP contribution in [0.4, 0.5) is 17.1 Å². The summed E-state index contributed by atoms with van der Waals surface area (Å²) in [6.45, 7) is 28.0. The predicted molar refractivity (Wildman–Crippen MR) is 277 cm³/mol. The number of anilines is 3. The van der Waals surface area contributed by atoms with Crippen LogP contribution in [0.25, 0.3) is 55.0 Å². The Morgan fingerprint density at radius 3 is 1.52 bits per heavy atom. The summed E-state index contributed by atoms with van der Waals surface area (Å²) >= 11 is 0. The van der Waals surface area contributed by atoms with Crippen molar-refractivity contribution in [3.8, 4) is 22.3 Å². The molecule has 324 valence electrons. The molecule has 0 bridgehead atoms. The summed E-state index contributed by atoms with van der Waals surface area (Å²) in [5.74, 6) is 0. The van der Waals surface area contributed by atoms with Gasteiger partial charge in [-0.25, -0.2) is 0 Å². The molecule has 0 fully saturated rings. The van der Waals surface area contributed by atoms with Gasteiger partial charge in [-0.1, -0.05) is 198 Å². The van der Waals surface area contributed by atoms with Crippen molar-refractivity contribution in [1.82, 2.24) is 0 Å². The third-order valence-electron chi connectivity index (χ3n) is 14.7. The summed E-state index contributed by atoms with van der Waals surface area (Å²) in [6.07, 6.45) is 0. The van der Waals surface area contributed by atoms with Crippen LogP contribution in [0, 0.1) is 0 Å². The Morgan fingerprint density at radius 2 is 0.908 bits per heavy atom. The van der Waals surface area contributed by atoms with Gasteiger partial charge < -0.3 is 9.32 Å². The highest BCUT2D eigenvalue weighted by Crippen LogP contribution is 2.64. The van der Waals surface area contributed by atoms with E-state index < -0.39 is 5.41 Å². The molecule has 8 aromatic carbocycles. The third kappa shape index (κ3) is 6.20. The maximum Gasteiger partial charge on any atom is 0.159 e. The monoisotopic (exact) mass is 847 g/mol. The second-order valence-corrected chi connectivity index (χ2v) is 23.1. The zero-order valence-electron chi connectivity index (χ0n) is 40.3. The first kappa shape index (κ1) is 41.3. The maximum atomic E-state index is 7.09. The number of nitrogens with zero attached hydrogens (tertiary/aromatic N) is 1. The summed E-state index contributed by atoms with van der Waals surface area (Å²) in [5.41, 5.74) is 20.3. The summed E-state index contributed by atoms with van der Waals surface area (Å²) in [5, 5.41) is 4.70. The van der Waals surface area contributed by atoms with E-state index in [4.69, 9.17) is 4.42 Å². The van der Waals surface area contributed by atoms with Crippen molar-refractivity contribution in [2.45, 2.75) is 110 Å². The van der Waals surface area contributed by atoms with Crippen LogP contribution in [-0.4, -0.2) is 0 Å². The minimum absolute atomic E-state index is 0.0272. The van der Waals surface area contributed by atoms with Gasteiger partial charge in [0.1, 0.15) is 5.58 Å². The van der Waals surface area contributed by atoms with Crippen molar-refractivity contribution in [2.24, 2.45) is 0 Å². The molecule has 2 aliphatic carbocycles. The molecule has 11 rings (SSSR count). The molecule has 0 aliphatic heterocycles. The molecule has 2 aliphatic rings. The van der Waals surface area contributed by atoms with Crippen LogP contribution in [0.3, 0.4) is 0 Å². The number of fused-ring (bicyclic) bond motifs is 15. The minimum Gasteiger partial charge on any atom is -0.454 e. The molecule has 0 radical (unpaired) electrons. The van der Waals surface area contributed by atoms with Crippen LogP contribution < -0.4 is 4.90 Å². The lowest BCUT2D eigenvalue weighted by Crippen LogP contribution is -2.27. The van der Waals surface area contributed by atoms with Crippen LogP contribution in [0.15, 0.2) is 156 Å². The highest BCUT2D eigenvalue weighted by atomic mass is 16.3. The van der Waals surface area contributed by atoms with Crippen LogP contribution in [0.1, 0.15) is 128 Å². The quantitative estimate of drug-likeness (QED) is 0.176. The van der Waals surface area contributed by atoms with Crippen molar-refractivity contribution < 1.29 is 4.42 Å². The minimum atomic E-state index is -0.533. The Morgan fingerprint density at radius 1 is 0.385 bits per heavy atom. The van der Waals surface area contributed by atoms with Crippen LogP contribution in [0.5, 0.6) is 0 Å². The molecular formula is C63H61NO. The normalized spacial score (nSPS) is 14.3. The Labute approximate surface area is 386 Å². The number of rotatable bonds is 3. The van der Waals surface area contributed by atoms with Gasteiger partial charge in [-0.3, -0.25) is 0 Å². The molecule has 0 amide bonds. The molecule has 0 N–H and O–H groups in total. The molecule has 0 saturated carbocycles. The third-order valence-corrected chi connectivity index (χ3v) is 14.7. The fourth-order valence-electron chi connectivity index (χ4n) is 11.0. The average molecular weight is 848 g/mol. The highest BCUT2D eigenvalue weighted by molar-refractivity contribution is 6.21. The molecular weight excluding hydrogens is 787 g/mol. The van der Waals surface area contributed by atoms with Gasteiger partial charge in [-0.05, 0) is 136 Å². The van der Waals surface area contributed by atoms with Gasteiger partial charge in [0.2, 0.25) is 0 Å². The largest absolute Gasteiger partial charge is 0.454 e. The van der Waals surface area contributed by atoms with E-state index >= 15 is 0 Å². The molecule has 0 atom stereocenters. The van der Waals surface area contributed by atoms with E-state index in [0.29, 0.717) is 0 Å². The van der Waals surface area contributed by atoms with E-state index in [2.05, 4.69) is 240 Å². The fraction of sp³-hybridized carbons (Fsp3) is 0.270. The number of benzene rings is 8. The Bertz CT molecular complexity index is 3320. The van der Waals surface area contributed by atoms with Crippen molar-refractivity contribution >= 4 is 49.8 Å². The lowest BCUT2D eigenvalue weighted by Gasteiger charge is -2.34. The van der Waals surface area contributed by atoms with E-state index in [1.807, 2.05) is 0 Å². The molecule has 1 spiro atoms. The van der Waals surface area contributed by atoms with E-state index in [1.165, 1.54) is 77.5 Å². The van der Waals surface area contributed by atoms with Crippen molar-refractivity contribution in [3.05, 3.63) is 196 Å². The molecule has 2 nitrogen and oxygen atoms in total. The fourth-order valence-corrected chi connectivity index (χ4v) is 11.0. The first-order valence-corrected chi connectivity index (χ1v) is 23.6. The Kier molecular flexibility index (Phi) is 8.79. The van der Waals surface area contributed by atoms with E-state index in [0.717, 1.165) is 39.0 Å². The smallest absolute Gasteiger partial charge is 0.159 e. The molecule has 2 heteroatoms. The van der Waals surface area contributed by atoms with Gasteiger partial charge in [0, 0.05) is 22.1 Å². The van der Waals surface area contributed by atoms with Crippen molar-refractivity contribution in [1.29, 1.82) is 0 Å². The summed E-state index contributed by atoms with van der Waals surface area (Å²) in [4.78, 5) is 2.50. The van der Waals surface area contributed by atoms with Crippen molar-refractivity contribution in [3.63, 3.8) is 0 Å². The molecule has 9 aromatic rings. The first-order chi connectivity index (χ1) is 30.7. The highest BCUT2D eigenvalue weighted by Gasteiger charge is 2.52. The molecule has 65 heavy (non-hydrogen) atoms. The van der Waals surface area contributed by atoms with E-state index in [1.54, 1.807) is 0 Å². The van der Waals surface area contributed by atoms with E-state index in [-0.39, 0.29) is 21.7 Å². The number of para-hydroxylation sites is 1. The summed E-state index contributed by atoms with van der Waals surface area (Å²) in [7, 11) is 0. The maximum absolute atomic E-state index is 7.09. The first-order valence-electron chi connectivity index (χ1n) is 23.6. The van der Waals surface area contributed by atoms with Gasteiger partial charge in [0.05, 0.1) is 11.1 Å². The predicted octanol–water partition coefficient (Wildman–Crippen LogP) is 17.7. The van der Waals surface area contributed by atoms with Gasteiger partial charge in [-0.15, -0.1) is 0 Å². The zero-order valence-corrected chi connectivity index (χ0v) is 40.3. The van der Waals surface area contributed by atoms with Gasteiger partial charge in [-0.2, -0.15) is 0 Å². The molecule has 1 aromatic heterocycles. The number of hydrogen-bond acceptors (Lipinski definition) is 2. The molecule has 0 unspecified atom stereocenters. The van der Waals surface area contributed by atoms with Gasteiger partial charge >= 0.3 is 0 Å². The van der Waals surface area contributed by atoms with E-state index in [9.17, 15) is 0 Å². The number of furan rings is 1. The molecule has 1 heterocycles. The average Bonchev–Trinajstić information content (AvgIpc) is 3.89. The van der Waals surface area contributed by atoms with Crippen LogP contribution in [0.2, 0.25) is 0 Å². The Hall–Kier alpha value is -6.38. The summed E-state index contributed by atoms with van der Waals surface area (Å²) in [6, 6.07) is 58.2. The zero-order chi connectivity index (χ0) is 45.6. The van der Waals surface area contributed by atoms with Gasteiger partial charge in [0.15, 0.2) is 5.58 Å². The van der Waals surface area contributed by atoms with Crippen LogP contribution in [-0.2, 0) is 27.1 Å². The number of hydrogen-bond donors (Lipinski definition) is 0. The van der Waals surface area contributed by atoms with Gasteiger partial charge in [0.25, 0.3) is 0 Å².